The summed E-state index contributed by atoms with van der Waals surface area (Å²) in [5.41, 5.74) is 0. The highest BCUT2D eigenvalue weighted by atomic mass is 79.9. The molecule has 0 aromatic heterocycles. The molecule has 2 atom stereocenters. The SMILES string of the molecule is CCC(C)S(=O)(=O)CC(Br)C(F)(F)F. The summed E-state index contributed by atoms with van der Waals surface area (Å²) in [5, 5.41) is -0.732. The Hall–Kier alpha value is 0.220. The lowest BCUT2D eigenvalue weighted by molar-refractivity contribution is -0.123. The Kier molecular flexibility index (Phi) is 4.90. The predicted octanol–water partition coefficient (Wildman–Crippen LogP) is 2.53. The largest absolute Gasteiger partial charge is 0.402 e. The van der Waals surface area contributed by atoms with Gasteiger partial charge in [0.15, 0.2) is 9.84 Å². The lowest BCUT2D eigenvalue weighted by Gasteiger charge is -2.16. The van der Waals surface area contributed by atoms with E-state index in [1.54, 1.807) is 6.92 Å². The molecule has 0 bridgehead atoms. The summed E-state index contributed by atoms with van der Waals surface area (Å²) >= 11 is 2.33. The van der Waals surface area contributed by atoms with Crippen LogP contribution in [-0.4, -0.2) is 30.4 Å². The van der Waals surface area contributed by atoms with Gasteiger partial charge in [0.25, 0.3) is 0 Å². The molecule has 0 fully saturated rings. The molecule has 86 valence electrons. The van der Waals surface area contributed by atoms with E-state index in [1.165, 1.54) is 6.92 Å². The van der Waals surface area contributed by atoms with Gasteiger partial charge in [0.1, 0.15) is 4.83 Å². The average Bonchev–Trinajstić information content (AvgIpc) is 2.00. The highest BCUT2D eigenvalue weighted by Gasteiger charge is 2.41. The van der Waals surface area contributed by atoms with Crippen molar-refractivity contribution in [1.29, 1.82) is 0 Å². The van der Waals surface area contributed by atoms with E-state index in [9.17, 15) is 21.6 Å². The van der Waals surface area contributed by atoms with Crippen molar-refractivity contribution in [3.63, 3.8) is 0 Å². The van der Waals surface area contributed by atoms with Crippen molar-refractivity contribution in [2.45, 2.75) is 36.5 Å². The Morgan fingerprint density at radius 1 is 1.36 bits per heavy atom. The molecule has 0 radical (unpaired) electrons. The maximum absolute atomic E-state index is 12.0. The third kappa shape index (κ3) is 4.16. The van der Waals surface area contributed by atoms with E-state index in [0.717, 1.165) is 0 Å². The molecule has 0 amide bonds. The van der Waals surface area contributed by atoms with Crippen LogP contribution in [0, 0.1) is 0 Å². The molecule has 0 aromatic rings. The third-order valence-electron chi connectivity index (χ3n) is 1.92. The normalized spacial score (nSPS) is 17.9. The van der Waals surface area contributed by atoms with Gasteiger partial charge < -0.3 is 0 Å². The molecule has 0 saturated heterocycles. The maximum Gasteiger partial charge on any atom is 0.402 e. The van der Waals surface area contributed by atoms with Gasteiger partial charge in [-0.1, -0.05) is 22.9 Å². The first-order chi connectivity index (χ1) is 6.11. The van der Waals surface area contributed by atoms with E-state index in [0.29, 0.717) is 6.42 Å². The molecule has 0 rings (SSSR count). The van der Waals surface area contributed by atoms with Crippen LogP contribution in [0.3, 0.4) is 0 Å². The fourth-order valence-corrected chi connectivity index (χ4v) is 3.26. The summed E-state index contributed by atoms with van der Waals surface area (Å²) in [5.74, 6) is -0.897. The molecule has 0 spiro atoms. The van der Waals surface area contributed by atoms with E-state index in [4.69, 9.17) is 0 Å². The Bertz CT molecular complexity index is 273. The summed E-state index contributed by atoms with van der Waals surface area (Å²) in [7, 11) is -3.66. The van der Waals surface area contributed by atoms with Crippen LogP contribution in [0.5, 0.6) is 0 Å². The number of sulfone groups is 1. The first-order valence-corrected chi connectivity index (χ1v) is 6.66. The minimum absolute atomic E-state index is 0.319. The van der Waals surface area contributed by atoms with Crippen LogP contribution >= 0.6 is 15.9 Å². The molecule has 0 aromatic carbocycles. The molecule has 0 aliphatic heterocycles. The molecule has 0 heterocycles. The van der Waals surface area contributed by atoms with Gasteiger partial charge in [0.2, 0.25) is 0 Å². The number of halogens is 4. The number of alkyl halides is 4. The van der Waals surface area contributed by atoms with Gasteiger partial charge in [0, 0.05) is 0 Å². The molecular weight excluding hydrogens is 285 g/mol. The predicted molar refractivity (Wildman–Crippen MR) is 52.3 cm³/mol. The van der Waals surface area contributed by atoms with Crippen LogP contribution in [0.25, 0.3) is 0 Å². The third-order valence-corrected chi connectivity index (χ3v) is 5.55. The lowest BCUT2D eigenvalue weighted by Crippen LogP contribution is -2.34. The van der Waals surface area contributed by atoms with Crippen LogP contribution in [0.2, 0.25) is 0 Å². The Labute approximate surface area is 89.9 Å². The smallest absolute Gasteiger partial charge is 0.229 e. The van der Waals surface area contributed by atoms with Crippen molar-refractivity contribution in [2.24, 2.45) is 0 Å². The van der Waals surface area contributed by atoms with Crippen LogP contribution in [0.15, 0.2) is 0 Å². The molecule has 0 aliphatic rings. The number of hydrogen-bond acceptors (Lipinski definition) is 2. The lowest BCUT2D eigenvalue weighted by atomic mass is 10.4. The van der Waals surface area contributed by atoms with Gasteiger partial charge >= 0.3 is 6.18 Å². The Morgan fingerprint density at radius 3 is 2.07 bits per heavy atom. The van der Waals surface area contributed by atoms with E-state index in [2.05, 4.69) is 15.9 Å². The quantitative estimate of drug-likeness (QED) is 0.747. The summed E-state index contributed by atoms with van der Waals surface area (Å²) in [4.78, 5) is -1.98. The molecule has 0 saturated carbocycles. The number of hydrogen-bond donors (Lipinski definition) is 0. The molecule has 2 nitrogen and oxygen atoms in total. The van der Waals surface area contributed by atoms with Gasteiger partial charge in [-0.3, -0.25) is 0 Å². The van der Waals surface area contributed by atoms with Gasteiger partial charge in [-0.05, 0) is 13.3 Å². The molecular formula is C7H12BrF3O2S. The van der Waals surface area contributed by atoms with Crippen molar-refractivity contribution < 1.29 is 21.6 Å². The van der Waals surface area contributed by atoms with Crippen molar-refractivity contribution >= 4 is 25.8 Å². The van der Waals surface area contributed by atoms with Crippen molar-refractivity contribution in [2.75, 3.05) is 5.75 Å². The van der Waals surface area contributed by atoms with Gasteiger partial charge in [-0.2, -0.15) is 13.2 Å². The second kappa shape index (κ2) is 4.83. The zero-order valence-electron chi connectivity index (χ0n) is 7.81. The van der Waals surface area contributed by atoms with Gasteiger partial charge in [-0.25, -0.2) is 8.42 Å². The molecule has 0 aliphatic carbocycles. The fraction of sp³-hybridized carbons (Fsp3) is 1.00. The molecule has 14 heavy (non-hydrogen) atoms. The first kappa shape index (κ1) is 14.2. The molecule has 7 heteroatoms. The maximum atomic E-state index is 12.0. The van der Waals surface area contributed by atoms with E-state index < -0.39 is 31.8 Å². The second-order valence-electron chi connectivity index (χ2n) is 3.06. The summed E-state index contributed by atoms with van der Waals surface area (Å²) < 4.78 is 58.7. The standard InChI is InChI=1S/C7H12BrF3O2S/c1-3-5(2)14(12,13)4-6(8)7(9,10)11/h5-6H,3-4H2,1-2H3. The van der Waals surface area contributed by atoms with Crippen LogP contribution in [0.1, 0.15) is 20.3 Å². The Balaban J connectivity index is 4.54. The summed E-state index contributed by atoms with van der Waals surface area (Å²) in [6, 6.07) is 0. The Morgan fingerprint density at radius 2 is 1.79 bits per heavy atom. The topological polar surface area (TPSA) is 34.1 Å². The fourth-order valence-electron chi connectivity index (χ4n) is 0.717. The van der Waals surface area contributed by atoms with Crippen molar-refractivity contribution in [1.82, 2.24) is 0 Å². The van der Waals surface area contributed by atoms with Crippen LogP contribution in [0.4, 0.5) is 13.2 Å². The molecule has 0 N–H and O–H groups in total. The van der Waals surface area contributed by atoms with Gasteiger partial charge in [-0.15, -0.1) is 0 Å². The van der Waals surface area contributed by atoms with E-state index >= 15 is 0 Å². The monoisotopic (exact) mass is 296 g/mol. The van der Waals surface area contributed by atoms with Crippen LogP contribution in [-0.2, 0) is 9.84 Å². The summed E-state index contributed by atoms with van der Waals surface area (Å²) in [6.07, 6.45) is -4.19. The highest BCUT2D eigenvalue weighted by Crippen LogP contribution is 2.28. The highest BCUT2D eigenvalue weighted by molar-refractivity contribution is 9.09. The minimum Gasteiger partial charge on any atom is -0.229 e. The van der Waals surface area contributed by atoms with E-state index in [1.807, 2.05) is 0 Å². The van der Waals surface area contributed by atoms with Crippen LogP contribution < -0.4 is 0 Å². The van der Waals surface area contributed by atoms with Crippen molar-refractivity contribution in [3.8, 4) is 0 Å². The zero-order valence-corrected chi connectivity index (χ0v) is 10.2. The van der Waals surface area contributed by atoms with E-state index in [-0.39, 0.29) is 0 Å². The zero-order chi connectivity index (χ0) is 11.6. The number of rotatable bonds is 4. The minimum atomic E-state index is -4.51. The average molecular weight is 297 g/mol. The van der Waals surface area contributed by atoms with Gasteiger partial charge in [0.05, 0.1) is 11.0 Å². The first-order valence-electron chi connectivity index (χ1n) is 4.03. The summed E-state index contributed by atoms with van der Waals surface area (Å²) in [6.45, 7) is 3.03. The molecule has 2 unspecified atom stereocenters. The van der Waals surface area contributed by atoms with Crippen molar-refractivity contribution in [3.05, 3.63) is 0 Å². The second-order valence-corrected chi connectivity index (χ2v) is 6.63.